The van der Waals surface area contributed by atoms with Crippen LogP contribution in [0.3, 0.4) is 0 Å². The Balaban J connectivity index is 2.04. The standard InChI is InChI=1S/C16H13N3O6S/c1-2-24-14(20)9-18-10-5-3-4-6-12(10)26-16(18)17-15(21)11-7-8-13(25-11)19(22)23/h3-8H,2,9H2,1H3. The normalized spacial score (nSPS) is 11.7. The summed E-state index contributed by atoms with van der Waals surface area (Å²) in [6.45, 7) is 1.83. The van der Waals surface area contributed by atoms with Crippen molar-refractivity contribution in [1.29, 1.82) is 0 Å². The highest BCUT2D eigenvalue weighted by Gasteiger charge is 2.18. The van der Waals surface area contributed by atoms with Gasteiger partial charge in [-0.3, -0.25) is 19.7 Å². The molecule has 0 radical (unpaired) electrons. The third-order valence-electron chi connectivity index (χ3n) is 3.36. The topological polar surface area (TPSA) is 117 Å². The van der Waals surface area contributed by atoms with E-state index in [2.05, 4.69) is 4.99 Å². The quantitative estimate of drug-likeness (QED) is 0.384. The van der Waals surface area contributed by atoms with Gasteiger partial charge in [0, 0.05) is 0 Å². The van der Waals surface area contributed by atoms with E-state index in [0.29, 0.717) is 0 Å². The Labute approximate surface area is 150 Å². The molecule has 3 rings (SSSR count). The van der Waals surface area contributed by atoms with Gasteiger partial charge in [-0.05, 0) is 25.1 Å². The van der Waals surface area contributed by atoms with Gasteiger partial charge >= 0.3 is 17.8 Å². The van der Waals surface area contributed by atoms with E-state index in [1.165, 1.54) is 17.4 Å². The summed E-state index contributed by atoms with van der Waals surface area (Å²) < 4.78 is 12.2. The highest BCUT2D eigenvalue weighted by Crippen LogP contribution is 2.18. The molecule has 0 bridgehead atoms. The number of para-hydroxylation sites is 1. The molecular weight excluding hydrogens is 362 g/mol. The predicted octanol–water partition coefficient (Wildman–Crippen LogP) is 2.51. The molecule has 0 atom stereocenters. The van der Waals surface area contributed by atoms with Gasteiger partial charge in [-0.15, -0.1) is 0 Å². The zero-order chi connectivity index (χ0) is 18.7. The second kappa shape index (κ2) is 7.31. The molecule has 134 valence electrons. The van der Waals surface area contributed by atoms with E-state index < -0.39 is 22.7 Å². The van der Waals surface area contributed by atoms with E-state index in [1.54, 1.807) is 23.6 Å². The molecule has 0 aliphatic rings. The molecule has 9 nitrogen and oxygen atoms in total. The molecule has 1 amide bonds. The summed E-state index contributed by atoms with van der Waals surface area (Å²) in [5.74, 6) is -2.03. The van der Waals surface area contributed by atoms with Crippen LogP contribution in [-0.2, 0) is 16.1 Å². The minimum absolute atomic E-state index is 0.109. The first kappa shape index (κ1) is 17.5. The molecule has 1 aromatic carbocycles. The molecule has 0 saturated carbocycles. The first-order valence-corrected chi connectivity index (χ1v) is 8.38. The van der Waals surface area contributed by atoms with E-state index in [-0.39, 0.29) is 23.7 Å². The van der Waals surface area contributed by atoms with Crippen molar-refractivity contribution < 1.29 is 23.7 Å². The Morgan fingerprint density at radius 3 is 2.77 bits per heavy atom. The van der Waals surface area contributed by atoms with E-state index in [4.69, 9.17) is 9.15 Å². The van der Waals surface area contributed by atoms with Crippen LogP contribution in [0.15, 0.2) is 45.8 Å². The van der Waals surface area contributed by atoms with Crippen LogP contribution in [0.25, 0.3) is 10.2 Å². The first-order valence-electron chi connectivity index (χ1n) is 7.57. The van der Waals surface area contributed by atoms with Crippen LogP contribution >= 0.6 is 11.3 Å². The first-order chi connectivity index (χ1) is 12.5. The van der Waals surface area contributed by atoms with Crippen molar-refractivity contribution in [3.63, 3.8) is 0 Å². The van der Waals surface area contributed by atoms with E-state index in [1.807, 2.05) is 12.1 Å². The number of thiazole rings is 1. The summed E-state index contributed by atoms with van der Waals surface area (Å²) in [5.41, 5.74) is 0.725. The largest absolute Gasteiger partial charge is 0.465 e. The van der Waals surface area contributed by atoms with Crippen molar-refractivity contribution in [3.8, 4) is 0 Å². The smallest absolute Gasteiger partial charge is 0.433 e. The Morgan fingerprint density at radius 2 is 2.08 bits per heavy atom. The van der Waals surface area contributed by atoms with Gasteiger partial charge in [0.05, 0.1) is 22.9 Å². The molecule has 0 N–H and O–H groups in total. The molecule has 3 aromatic rings. The van der Waals surface area contributed by atoms with Gasteiger partial charge in [-0.2, -0.15) is 4.99 Å². The number of fused-ring (bicyclic) bond motifs is 1. The molecule has 2 aromatic heterocycles. The van der Waals surface area contributed by atoms with Crippen molar-refractivity contribution in [2.24, 2.45) is 4.99 Å². The van der Waals surface area contributed by atoms with Gasteiger partial charge in [0.1, 0.15) is 11.5 Å². The molecule has 0 spiro atoms. The molecule has 2 heterocycles. The van der Waals surface area contributed by atoms with Crippen LogP contribution in [0, 0.1) is 10.1 Å². The number of carbonyl (C=O) groups is 2. The van der Waals surface area contributed by atoms with Gasteiger partial charge in [-0.1, -0.05) is 23.5 Å². The van der Waals surface area contributed by atoms with Gasteiger partial charge < -0.3 is 13.7 Å². The average molecular weight is 375 g/mol. The lowest BCUT2D eigenvalue weighted by molar-refractivity contribution is -0.402. The number of esters is 1. The molecule has 10 heteroatoms. The summed E-state index contributed by atoms with van der Waals surface area (Å²) in [7, 11) is 0. The number of carbonyl (C=O) groups excluding carboxylic acids is 2. The van der Waals surface area contributed by atoms with E-state index >= 15 is 0 Å². The van der Waals surface area contributed by atoms with Crippen molar-refractivity contribution >= 4 is 39.3 Å². The lowest BCUT2D eigenvalue weighted by Gasteiger charge is -2.04. The summed E-state index contributed by atoms with van der Waals surface area (Å²) in [6, 6.07) is 9.54. The number of ether oxygens (including phenoxy) is 1. The fourth-order valence-corrected chi connectivity index (χ4v) is 3.31. The number of furan rings is 1. The van der Waals surface area contributed by atoms with Gasteiger partial charge in [-0.25, -0.2) is 0 Å². The van der Waals surface area contributed by atoms with Crippen molar-refractivity contribution in [2.75, 3.05) is 6.61 Å². The van der Waals surface area contributed by atoms with Crippen molar-refractivity contribution in [2.45, 2.75) is 13.5 Å². The Bertz CT molecular complexity index is 1060. The lowest BCUT2D eigenvalue weighted by Crippen LogP contribution is -2.23. The molecule has 0 aliphatic carbocycles. The van der Waals surface area contributed by atoms with Crippen LogP contribution in [0.2, 0.25) is 0 Å². The van der Waals surface area contributed by atoms with Crippen molar-refractivity contribution in [1.82, 2.24) is 4.57 Å². The summed E-state index contributed by atoms with van der Waals surface area (Å²) in [6.07, 6.45) is 0. The number of hydrogen-bond donors (Lipinski definition) is 0. The summed E-state index contributed by atoms with van der Waals surface area (Å²) in [4.78, 5) is 38.3. The molecule has 0 aliphatic heterocycles. The zero-order valence-electron chi connectivity index (χ0n) is 13.6. The number of aromatic nitrogens is 1. The number of nitro groups is 1. The molecule has 0 fully saturated rings. The van der Waals surface area contributed by atoms with E-state index in [9.17, 15) is 19.7 Å². The van der Waals surface area contributed by atoms with Crippen LogP contribution in [0.1, 0.15) is 17.5 Å². The summed E-state index contributed by atoms with van der Waals surface area (Å²) >= 11 is 1.21. The van der Waals surface area contributed by atoms with E-state index in [0.717, 1.165) is 16.3 Å². The van der Waals surface area contributed by atoms with Gasteiger partial charge in [0.25, 0.3) is 0 Å². The highest BCUT2D eigenvalue weighted by molar-refractivity contribution is 7.16. The molecule has 0 saturated heterocycles. The van der Waals surface area contributed by atoms with Crippen LogP contribution in [-0.4, -0.2) is 28.0 Å². The zero-order valence-corrected chi connectivity index (χ0v) is 14.4. The predicted molar refractivity (Wildman–Crippen MR) is 91.7 cm³/mol. The fourth-order valence-electron chi connectivity index (χ4n) is 2.28. The Kier molecular flexibility index (Phi) is 4.94. The van der Waals surface area contributed by atoms with Crippen LogP contribution in [0.4, 0.5) is 5.88 Å². The third-order valence-corrected chi connectivity index (χ3v) is 4.42. The maximum absolute atomic E-state index is 12.3. The number of amides is 1. The lowest BCUT2D eigenvalue weighted by atomic mass is 10.3. The molecule has 26 heavy (non-hydrogen) atoms. The molecular formula is C16H13N3O6S. The van der Waals surface area contributed by atoms with Crippen LogP contribution < -0.4 is 4.80 Å². The maximum Gasteiger partial charge on any atom is 0.433 e. The number of rotatable bonds is 5. The maximum atomic E-state index is 12.3. The Morgan fingerprint density at radius 1 is 1.31 bits per heavy atom. The number of benzene rings is 1. The monoisotopic (exact) mass is 375 g/mol. The Hall–Kier alpha value is -3.27. The molecule has 0 unspecified atom stereocenters. The second-order valence-electron chi connectivity index (χ2n) is 5.06. The van der Waals surface area contributed by atoms with Crippen molar-refractivity contribution in [3.05, 3.63) is 57.1 Å². The highest BCUT2D eigenvalue weighted by atomic mass is 32.1. The second-order valence-corrected chi connectivity index (χ2v) is 6.06. The fraction of sp³-hybridized carbons (Fsp3) is 0.188. The number of nitrogens with zero attached hydrogens (tertiary/aromatic N) is 3. The third kappa shape index (κ3) is 3.54. The van der Waals surface area contributed by atoms with Crippen LogP contribution in [0.5, 0.6) is 0 Å². The number of hydrogen-bond acceptors (Lipinski definition) is 7. The van der Waals surface area contributed by atoms with Gasteiger partial charge in [0.2, 0.25) is 5.76 Å². The summed E-state index contributed by atoms with van der Waals surface area (Å²) in [5, 5.41) is 10.7. The average Bonchev–Trinajstić information content (AvgIpc) is 3.21. The van der Waals surface area contributed by atoms with Gasteiger partial charge in [0.15, 0.2) is 4.80 Å². The minimum Gasteiger partial charge on any atom is -0.465 e. The SMILES string of the molecule is CCOC(=O)Cn1c(=NC(=O)c2ccc([N+](=O)[O-])o2)sc2ccccc21. The minimum atomic E-state index is -0.776.